The van der Waals surface area contributed by atoms with E-state index in [1.165, 1.54) is 0 Å². The number of hydrogen-bond acceptors (Lipinski definition) is 3. The van der Waals surface area contributed by atoms with Crippen LogP contribution >= 0.6 is 0 Å². The second-order valence-corrected chi connectivity index (χ2v) is 6.20. The number of hydrogen-bond donors (Lipinski definition) is 1. The second-order valence-electron chi connectivity index (χ2n) is 6.20. The summed E-state index contributed by atoms with van der Waals surface area (Å²) in [5.41, 5.74) is 0.654. The minimum atomic E-state index is -0.763. The number of aryl methyl sites for hydroxylation is 1. The average molecular weight is 300 g/mol. The van der Waals surface area contributed by atoms with Crippen molar-refractivity contribution < 1.29 is 14.4 Å². The number of carbonyl (C=O) groups is 3. The van der Waals surface area contributed by atoms with Crippen LogP contribution in [0.4, 0.5) is 4.79 Å². The molecule has 2 fully saturated rings. The number of carbonyl (C=O) groups excluding carboxylic acids is 3. The van der Waals surface area contributed by atoms with Crippen LogP contribution in [-0.2, 0) is 4.79 Å². The Balaban J connectivity index is 1.78. The number of urea groups is 1. The van der Waals surface area contributed by atoms with E-state index in [1.54, 1.807) is 12.1 Å². The van der Waals surface area contributed by atoms with Crippen LogP contribution in [0.3, 0.4) is 0 Å². The first-order chi connectivity index (χ1) is 10.5. The van der Waals surface area contributed by atoms with E-state index in [0.29, 0.717) is 18.4 Å². The number of ketones is 1. The van der Waals surface area contributed by atoms with Crippen molar-refractivity contribution in [1.29, 1.82) is 0 Å². The lowest BCUT2D eigenvalue weighted by Gasteiger charge is -2.30. The zero-order valence-electron chi connectivity index (χ0n) is 12.7. The van der Waals surface area contributed by atoms with Gasteiger partial charge in [-0.2, -0.15) is 0 Å². The second kappa shape index (κ2) is 5.55. The molecule has 116 valence electrons. The standard InChI is InChI=1S/C17H20N2O3/c1-12-7-3-4-8-13(12)14(20)11-19-15(21)17(18-16(19)22)9-5-2-6-10-17/h3-4,7-8H,2,5-6,9-11H2,1H3,(H,18,22). The predicted molar refractivity (Wildman–Crippen MR) is 81.6 cm³/mol. The van der Waals surface area contributed by atoms with E-state index in [4.69, 9.17) is 0 Å². The molecular weight excluding hydrogens is 280 g/mol. The Morgan fingerprint density at radius 1 is 1.18 bits per heavy atom. The molecule has 0 aromatic heterocycles. The van der Waals surface area contributed by atoms with Crippen LogP contribution in [-0.4, -0.2) is 34.7 Å². The minimum Gasteiger partial charge on any atom is -0.323 e. The molecule has 0 bridgehead atoms. The Hall–Kier alpha value is -2.17. The maximum absolute atomic E-state index is 12.6. The van der Waals surface area contributed by atoms with E-state index in [-0.39, 0.29) is 18.2 Å². The molecule has 3 amide bonds. The van der Waals surface area contributed by atoms with Crippen molar-refractivity contribution in [3.8, 4) is 0 Å². The van der Waals surface area contributed by atoms with Gasteiger partial charge in [0, 0.05) is 5.56 Å². The molecule has 1 saturated carbocycles. The molecule has 5 heteroatoms. The highest BCUT2D eigenvalue weighted by Crippen LogP contribution is 2.33. The lowest BCUT2D eigenvalue weighted by Crippen LogP contribution is -2.48. The van der Waals surface area contributed by atoms with Crippen LogP contribution in [0.15, 0.2) is 24.3 Å². The highest BCUT2D eigenvalue weighted by molar-refractivity contribution is 6.11. The highest BCUT2D eigenvalue weighted by Gasteiger charge is 2.51. The lowest BCUT2D eigenvalue weighted by molar-refractivity contribution is -0.132. The maximum Gasteiger partial charge on any atom is 0.325 e. The molecule has 2 aliphatic rings. The summed E-state index contributed by atoms with van der Waals surface area (Å²) in [6.07, 6.45) is 4.31. The third kappa shape index (κ3) is 2.40. The number of imide groups is 1. The summed E-state index contributed by atoms with van der Waals surface area (Å²) in [6, 6.07) is 6.79. The molecule has 1 aliphatic heterocycles. The summed E-state index contributed by atoms with van der Waals surface area (Å²) in [5.74, 6) is -0.436. The van der Waals surface area contributed by atoms with Crippen molar-refractivity contribution in [3.63, 3.8) is 0 Å². The van der Waals surface area contributed by atoms with Gasteiger partial charge in [0.1, 0.15) is 5.54 Å². The predicted octanol–water partition coefficient (Wildman–Crippen LogP) is 2.43. The van der Waals surface area contributed by atoms with Crippen molar-refractivity contribution in [3.05, 3.63) is 35.4 Å². The molecule has 22 heavy (non-hydrogen) atoms. The molecule has 3 rings (SSSR count). The molecule has 1 N–H and O–H groups in total. The molecule has 0 unspecified atom stereocenters. The monoisotopic (exact) mass is 300 g/mol. The van der Waals surface area contributed by atoms with Gasteiger partial charge in [-0.3, -0.25) is 14.5 Å². The molecule has 1 spiro atoms. The number of Topliss-reactive ketones (excluding diaryl/α,β-unsaturated/α-hetero) is 1. The summed E-state index contributed by atoms with van der Waals surface area (Å²) in [4.78, 5) is 38.3. The third-order valence-corrected chi connectivity index (χ3v) is 4.70. The molecule has 1 aromatic rings. The summed E-state index contributed by atoms with van der Waals surface area (Å²) < 4.78 is 0. The highest BCUT2D eigenvalue weighted by atomic mass is 16.2. The van der Waals surface area contributed by atoms with Crippen molar-refractivity contribution >= 4 is 17.7 Å². The summed E-state index contributed by atoms with van der Waals surface area (Å²) in [6.45, 7) is 1.67. The van der Waals surface area contributed by atoms with Gasteiger partial charge in [0.2, 0.25) is 0 Å². The van der Waals surface area contributed by atoms with Crippen LogP contribution in [0.25, 0.3) is 0 Å². The number of benzene rings is 1. The molecule has 0 atom stereocenters. The average Bonchev–Trinajstić information content (AvgIpc) is 2.73. The molecular formula is C17H20N2O3. The van der Waals surface area contributed by atoms with Crippen molar-refractivity contribution in [2.75, 3.05) is 6.54 Å². The normalized spacial score (nSPS) is 20.3. The maximum atomic E-state index is 12.6. The van der Waals surface area contributed by atoms with Crippen molar-refractivity contribution in [1.82, 2.24) is 10.2 Å². The van der Waals surface area contributed by atoms with Crippen LogP contribution < -0.4 is 5.32 Å². The minimum absolute atomic E-state index is 0.183. The van der Waals surface area contributed by atoms with Crippen LogP contribution in [0, 0.1) is 6.92 Å². The Morgan fingerprint density at radius 3 is 2.55 bits per heavy atom. The first kappa shape index (κ1) is 14.8. The molecule has 5 nitrogen and oxygen atoms in total. The Labute approximate surface area is 129 Å². The third-order valence-electron chi connectivity index (χ3n) is 4.70. The molecule has 1 aliphatic carbocycles. The molecule has 0 radical (unpaired) electrons. The van der Waals surface area contributed by atoms with E-state index in [9.17, 15) is 14.4 Å². The van der Waals surface area contributed by atoms with Gasteiger partial charge in [0.15, 0.2) is 5.78 Å². The molecule has 1 saturated heterocycles. The Bertz CT molecular complexity index is 633. The first-order valence-electron chi connectivity index (χ1n) is 7.76. The lowest BCUT2D eigenvalue weighted by atomic mass is 9.82. The summed E-state index contributed by atoms with van der Waals surface area (Å²) in [7, 11) is 0. The van der Waals surface area contributed by atoms with Gasteiger partial charge in [-0.15, -0.1) is 0 Å². The Kier molecular flexibility index (Phi) is 3.72. The fourth-order valence-electron chi connectivity index (χ4n) is 3.43. The van der Waals surface area contributed by atoms with Gasteiger partial charge in [0.25, 0.3) is 5.91 Å². The molecule has 1 heterocycles. The van der Waals surface area contributed by atoms with Crippen LogP contribution in [0.1, 0.15) is 48.0 Å². The fourth-order valence-corrected chi connectivity index (χ4v) is 3.43. The van der Waals surface area contributed by atoms with Crippen molar-refractivity contribution in [2.24, 2.45) is 0 Å². The van der Waals surface area contributed by atoms with E-state index >= 15 is 0 Å². The fraction of sp³-hybridized carbons (Fsp3) is 0.471. The summed E-state index contributed by atoms with van der Waals surface area (Å²) >= 11 is 0. The zero-order chi connectivity index (χ0) is 15.7. The van der Waals surface area contributed by atoms with E-state index in [0.717, 1.165) is 29.7 Å². The first-order valence-corrected chi connectivity index (χ1v) is 7.76. The van der Waals surface area contributed by atoms with E-state index in [2.05, 4.69) is 5.32 Å². The quantitative estimate of drug-likeness (QED) is 0.688. The zero-order valence-corrected chi connectivity index (χ0v) is 12.7. The number of nitrogens with zero attached hydrogens (tertiary/aromatic N) is 1. The van der Waals surface area contributed by atoms with E-state index in [1.807, 2.05) is 19.1 Å². The number of rotatable bonds is 3. The number of nitrogens with one attached hydrogen (secondary N) is 1. The van der Waals surface area contributed by atoms with Crippen molar-refractivity contribution in [2.45, 2.75) is 44.6 Å². The van der Waals surface area contributed by atoms with Gasteiger partial charge in [-0.1, -0.05) is 43.5 Å². The smallest absolute Gasteiger partial charge is 0.323 e. The topological polar surface area (TPSA) is 66.5 Å². The van der Waals surface area contributed by atoms with Gasteiger partial charge in [-0.25, -0.2) is 4.79 Å². The number of amides is 3. The van der Waals surface area contributed by atoms with Crippen LogP contribution in [0.2, 0.25) is 0 Å². The van der Waals surface area contributed by atoms with Gasteiger partial charge < -0.3 is 5.32 Å². The summed E-state index contributed by atoms with van der Waals surface area (Å²) in [5, 5.41) is 2.83. The van der Waals surface area contributed by atoms with Gasteiger partial charge >= 0.3 is 6.03 Å². The van der Waals surface area contributed by atoms with E-state index < -0.39 is 11.6 Å². The Morgan fingerprint density at radius 2 is 1.86 bits per heavy atom. The van der Waals surface area contributed by atoms with Gasteiger partial charge in [0.05, 0.1) is 6.54 Å². The largest absolute Gasteiger partial charge is 0.325 e. The SMILES string of the molecule is Cc1ccccc1C(=O)CN1C(=O)NC2(CCCCC2)C1=O. The van der Waals surface area contributed by atoms with Gasteiger partial charge in [-0.05, 0) is 25.3 Å². The molecule has 1 aromatic carbocycles. The van der Waals surface area contributed by atoms with Crippen LogP contribution in [0.5, 0.6) is 0 Å².